The predicted octanol–water partition coefficient (Wildman–Crippen LogP) is 4.43. The number of carbonyl (C=O) groups excluding carboxylic acids is 1. The quantitative estimate of drug-likeness (QED) is 0.633. The first kappa shape index (κ1) is 18.3. The summed E-state index contributed by atoms with van der Waals surface area (Å²) in [6.07, 6.45) is 3.92. The summed E-state index contributed by atoms with van der Waals surface area (Å²) >= 11 is 5.96. The maximum absolute atomic E-state index is 11.9. The Kier molecular flexibility index (Phi) is 6.21. The molecule has 0 bridgehead atoms. The third-order valence-electron chi connectivity index (χ3n) is 4.12. The number of aryl methyl sites for hydroxylation is 1. The van der Waals surface area contributed by atoms with E-state index < -0.39 is 0 Å². The number of hydrazone groups is 1. The third kappa shape index (κ3) is 4.96. The molecule has 1 aromatic carbocycles. The molecule has 5 heteroatoms. The Morgan fingerprint density at radius 2 is 2.21 bits per heavy atom. The van der Waals surface area contributed by atoms with Crippen LogP contribution < -0.4 is 10.2 Å². The molecule has 0 aromatic heterocycles. The molecule has 1 unspecified atom stereocenters. The molecule has 1 atom stereocenters. The first-order valence-corrected chi connectivity index (χ1v) is 8.31. The van der Waals surface area contributed by atoms with Gasteiger partial charge in [-0.1, -0.05) is 29.8 Å². The second-order valence-corrected chi connectivity index (χ2v) is 6.57. The number of ether oxygens (including phenoxy) is 1. The summed E-state index contributed by atoms with van der Waals surface area (Å²) in [5.41, 5.74) is 6.60. The maximum Gasteiger partial charge on any atom is 0.277 e. The van der Waals surface area contributed by atoms with E-state index in [1.54, 1.807) is 18.2 Å². The van der Waals surface area contributed by atoms with Crippen molar-refractivity contribution in [1.82, 2.24) is 5.43 Å². The minimum Gasteiger partial charge on any atom is -0.484 e. The largest absolute Gasteiger partial charge is 0.484 e. The van der Waals surface area contributed by atoms with Crippen molar-refractivity contribution in [3.8, 4) is 5.75 Å². The molecule has 0 aliphatic heterocycles. The second-order valence-electron chi connectivity index (χ2n) is 6.16. The standard InChI is InChI=1S/C19H23ClN2O2/c1-12(2)15-6-5-13(3)18(10-15)21-22-19(23)11-24-16-7-8-17(20)14(4)9-16/h5,7-9,15H,1,6,10-11H2,2-4H3,(H,22,23). The molecule has 4 nitrogen and oxygen atoms in total. The molecule has 1 amide bonds. The van der Waals surface area contributed by atoms with Gasteiger partial charge in [0.1, 0.15) is 5.75 Å². The second kappa shape index (κ2) is 8.15. The Labute approximate surface area is 148 Å². The molecule has 2 rings (SSSR count). The van der Waals surface area contributed by atoms with Gasteiger partial charge in [-0.05, 0) is 68.9 Å². The fraction of sp³-hybridized carbons (Fsp3) is 0.368. The fourth-order valence-corrected chi connectivity index (χ4v) is 2.56. The monoisotopic (exact) mass is 346 g/mol. The number of allylic oxidation sites excluding steroid dienone is 3. The highest BCUT2D eigenvalue weighted by Gasteiger charge is 2.18. The molecule has 0 saturated carbocycles. The summed E-state index contributed by atoms with van der Waals surface area (Å²) in [5.74, 6) is 0.703. The van der Waals surface area contributed by atoms with Gasteiger partial charge in [0.2, 0.25) is 0 Å². The number of hydrogen-bond acceptors (Lipinski definition) is 3. The molecule has 0 fully saturated rings. The van der Waals surface area contributed by atoms with E-state index in [2.05, 4.69) is 23.2 Å². The summed E-state index contributed by atoms with van der Waals surface area (Å²) < 4.78 is 5.46. The van der Waals surface area contributed by atoms with Crippen molar-refractivity contribution in [2.75, 3.05) is 6.61 Å². The van der Waals surface area contributed by atoms with Crippen LogP contribution in [0.5, 0.6) is 5.75 Å². The highest BCUT2D eigenvalue weighted by atomic mass is 35.5. The van der Waals surface area contributed by atoms with Crippen LogP contribution in [0, 0.1) is 12.8 Å². The Morgan fingerprint density at radius 1 is 1.46 bits per heavy atom. The SMILES string of the molecule is C=C(C)C1CC=C(C)C(=NNC(=O)COc2ccc(Cl)c(C)c2)C1. The number of carbonyl (C=O) groups is 1. The first-order valence-electron chi connectivity index (χ1n) is 7.93. The van der Waals surface area contributed by atoms with Crippen molar-refractivity contribution in [2.24, 2.45) is 11.0 Å². The van der Waals surface area contributed by atoms with E-state index >= 15 is 0 Å². The zero-order chi connectivity index (χ0) is 17.7. The molecule has 24 heavy (non-hydrogen) atoms. The van der Waals surface area contributed by atoms with Crippen LogP contribution in [0.1, 0.15) is 32.3 Å². The molecule has 1 aliphatic rings. The van der Waals surface area contributed by atoms with E-state index in [1.165, 1.54) is 0 Å². The molecule has 0 radical (unpaired) electrons. The Bertz CT molecular complexity index is 707. The molecular formula is C19H23ClN2O2. The van der Waals surface area contributed by atoms with Crippen molar-refractivity contribution in [2.45, 2.75) is 33.6 Å². The van der Waals surface area contributed by atoms with E-state index in [0.717, 1.165) is 35.3 Å². The molecule has 128 valence electrons. The van der Waals surface area contributed by atoms with Gasteiger partial charge in [0.25, 0.3) is 5.91 Å². The lowest BCUT2D eigenvalue weighted by molar-refractivity contribution is -0.123. The number of benzene rings is 1. The van der Waals surface area contributed by atoms with E-state index in [9.17, 15) is 4.79 Å². The topological polar surface area (TPSA) is 50.7 Å². The summed E-state index contributed by atoms with van der Waals surface area (Å²) in [6, 6.07) is 5.28. The maximum atomic E-state index is 11.9. The third-order valence-corrected chi connectivity index (χ3v) is 4.54. The van der Waals surface area contributed by atoms with Crippen molar-refractivity contribution in [1.29, 1.82) is 0 Å². The van der Waals surface area contributed by atoms with Gasteiger partial charge in [-0.3, -0.25) is 4.79 Å². The van der Waals surface area contributed by atoms with Crippen molar-refractivity contribution < 1.29 is 9.53 Å². The molecule has 1 aromatic rings. The fourth-order valence-electron chi connectivity index (χ4n) is 2.44. The average Bonchev–Trinajstić information content (AvgIpc) is 2.55. The van der Waals surface area contributed by atoms with Crippen molar-refractivity contribution in [3.63, 3.8) is 0 Å². The number of amides is 1. The normalized spacial score (nSPS) is 18.9. The Balaban J connectivity index is 1.90. The van der Waals surface area contributed by atoms with E-state index in [4.69, 9.17) is 16.3 Å². The first-order chi connectivity index (χ1) is 11.4. The van der Waals surface area contributed by atoms with Crippen LogP contribution in [0.2, 0.25) is 5.02 Å². The summed E-state index contributed by atoms with van der Waals surface area (Å²) in [4.78, 5) is 11.9. The van der Waals surface area contributed by atoms with Gasteiger partial charge in [0, 0.05) is 5.02 Å². The highest BCUT2D eigenvalue weighted by Crippen LogP contribution is 2.26. The number of rotatable bonds is 5. The van der Waals surface area contributed by atoms with Gasteiger partial charge >= 0.3 is 0 Å². The lowest BCUT2D eigenvalue weighted by atomic mass is 9.85. The molecular weight excluding hydrogens is 324 g/mol. The van der Waals surface area contributed by atoms with Gasteiger partial charge in [-0.2, -0.15) is 5.10 Å². The van der Waals surface area contributed by atoms with Gasteiger partial charge in [0.05, 0.1) is 5.71 Å². The van der Waals surface area contributed by atoms with Crippen LogP contribution in [-0.2, 0) is 4.79 Å². The van der Waals surface area contributed by atoms with Crippen molar-refractivity contribution in [3.05, 3.63) is 52.6 Å². The zero-order valence-electron chi connectivity index (χ0n) is 14.4. The van der Waals surface area contributed by atoms with Gasteiger partial charge in [0.15, 0.2) is 6.61 Å². The predicted molar refractivity (Wildman–Crippen MR) is 98.6 cm³/mol. The highest BCUT2D eigenvalue weighted by molar-refractivity contribution is 6.31. The molecule has 0 heterocycles. The van der Waals surface area contributed by atoms with Crippen LogP contribution >= 0.6 is 11.6 Å². The van der Waals surface area contributed by atoms with E-state index in [-0.39, 0.29) is 12.5 Å². The van der Waals surface area contributed by atoms with Crippen LogP contribution in [0.3, 0.4) is 0 Å². The minimum absolute atomic E-state index is 0.0927. The molecule has 1 aliphatic carbocycles. The lowest BCUT2D eigenvalue weighted by Crippen LogP contribution is -2.27. The van der Waals surface area contributed by atoms with Gasteiger partial charge in [-0.15, -0.1) is 0 Å². The average molecular weight is 347 g/mol. The number of nitrogens with one attached hydrogen (secondary N) is 1. The summed E-state index contributed by atoms with van der Waals surface area (Å²) in [7, 11) is 0. The van der Waals surface area contributed by atoms with E-state index in [0.29, 0.717) is 16.7 Å². The Morgan fingerprint density at radius 3 is 2.88 bits per heavy atom. The van der Waals surface area contributed by atoms with Gasteiger partial charge < -0.3 is 4.74 Å². The van der Waals surface area contributed by atoms with Crippen molar-refractivity contribution >= 4 is 23.2 Å². The number of hydrogen-bond donors (Lipinski definition) is 1. The molecule has 0 spiro atoms. The van der Waals surface area contributed by atoms with Crippen LogP contribution in [-0.4, -0.2) is 18.2 Å². The van der Waals surface area contributed by atoms with Crippen LogP contribution in [0.25, 0.3) is 0 Å². The lowest BCUT2D eigenvalue weighted by Gasteiger charge is -2.22. The Hall–Kier alpha value is -2.07. The number of nitrogens with zero attached hydrogens (tertiary/aromatic N) is 1. The minimum atomic E-state index is -0.291. The molecule has 0 saturated heterocycles. The van der Waals surface area contributed by atoms with Gasteiger partial charge in [-0.25, -0.2) is 5.43 Å². The van der Waals surface area contributed by atoms with E-state index in [1.807, 2.05) is 20.8 Å². The van der Waals surface area contributed by atoms with Crippen LogP contribution in [0.4, 0.5) is 0 Å². The summed E-state index contributed by atoms with van der Waals surface area (Å²) in [6.45, 7) is 9.83. The smallest absolute Gasteiger partial charge is 0.277 e. The summed E-state index contributed by atoms with van der Waals surface area (Å²) in [5, 5.41) is 4.92. The zero-order valence-corrected chi connectivity index (χ0v) is 15.1. The number of halogens is 1. The van der Waals surface area contributed by atoms with Crippen LogP contribution in [0.15, 0.2) is 47.1 Å². The molecule has 1 N–H and O–H groups in total.